The molecule has 0 aromatic heterocycles. The van der Waals surface area contributed by atoms with Crippen molar-refractivity contribution in [3.63, 3.8) is 0 Å². The Morgan fingerprint density at radius 1 is 0.714 bits per heavy atom. The molecule has 0 aliphatic heterocycles. The van der Waals surface area contributed by atoms with Crippen molar-refractivity contribution in [1.29, 1.82) is 0 Å². The molecular formula is C18H39NO2. The highest BCUT2D eigenvalue weighted by atomic mass is 16.5. The van der Waals surface area contributed by atoms with Gasteiger partial charge in [0, 0.05) is 6.61 Å². The molecule has 3 nitrogen and oxygen atoms in total. The molecule has 3 N–H and O–H groups in total. The summed E-state index contributed by atoms with van der Waals surface area (Å²) in [5, 5.41) is 8.82. The number of aliphatic hydroxyl groups excluding tert-OH is 1. The molecule has 1 unspecified atom stereocenters. The van der Waals surface area contributed by atoms with Gasteiger partial charge in [-0.2, -0.15) is 0 Å². The predicted molar refractivity (Wildman–Crippen MR) is 91.3 cm³/mol. The molecule has 0 fully saturated rings. The van der Waals surface area contributed by atoms with E-state index >= 15 is 0 Å². The Morgan fingerprint density at radius 2 is 1.10 bits per heavy atom. The minimum absolute atomic E-state index is 0.262. The van der Waals surface area contributed by atoms with Gasteiger partial charge in [0.2, 0.25) is 0 Å². The van der Waals surface area contributed by atoms with Crippen LogP contribution in [-0.4, -0.2) is 24.5 Å². The Hall–Kier alpha value is -0.120. The summed E-state index contributed by atoms with van der Waals surface area (Å²) in [6.07, 6.45) is 18.3. The summed E-state index contributed by atoms with van der Waals surface area (Å²) >= 11 is 0. The van der Waals surface area contributed by atoms with Crippen molar-refractivity contribution in [3.8, 4) is 0 Å². The third kappa shape index (κ3) is 19.9. The minimum Gasteiger partial charge on any atom is -0.377 e. The van der Waals surface area contributed by atoms with E-state index in [-0.39, 0.29) is 6.61 Å². The van der Waals surface area contributed by atoms with Crippen LogP contribution in [0.1, 0.15) is 96.8 Å². The number of rotatable bonds is 17. The summed E-state index contributed by atoms with van der Waals surface area (Å²) in [5.41, 5.74) is 5.18. The standard InChI is InChI=1S/C18H39NO2/c1-2-3-4-5-6-7-8-9-10-11-12-13-14-15-16-21-17-18(19)20/h18,20H,2-17,19H2,1H3. The van der Waals surface area contributed by atoms with Crippen molar-refractivity contribution in [2.75, 3.05) is 13.2 Å². The molecule has 1 atom stereocenters. The molecule has 21 heavy (non-hydrogen) atoms. The fraction of sp³-hybridized carbons (Fsp3) is 1.00. The minimum atomic E-state index is -0.823. The van der Waals surface area contributed by atoms with Gasteiger partial charge in [0.25, 0.3) is 0 Å². The van der Waals surface area contributed by atoms with Crippen molar-refractivity contribution in [1.82, 2.24) is 0 Å². The fourth-order valence-electron chi connectivity index (χ4n) is 2.60. The number of unbranched alkanes of at least 4 members (excludes halogenated alkanes) is 13. The van der Waals surface area contributed by atoms with Crippen molar-refractivity contribution < 1.29 is 9.84 Å². The number of nitrogens with two attached hydrogens (primary N) is 1. The van der Waals surface area contributed by atoms with Gasteiger partial charge in [0.15, 0.2) is 0 Å². The van der Waals surface area contributed by atoms with Gasteiger partial charge in [0.1, 0.15) is 6.23 Å². The van der Waals surface area contributed by atoms with Crippen LogP contribution in [0.15, 0.2) is 0 Å². The molecule has 0 bridgehead atoms. The van der Waals surface area contributed by atoms with Crippen molar-refractivity contribution in [3.05, 3.63) is 0 Å². The summed E-state index contributed by atoms with van der Waals surface area (Å²) in [7, 11) is 0. The molecule has 0 heterocycles. The monoisotopic (exact) mass is 301 g/mol. The quantitative estimate of drug-likeness (QED) is 0.301. The average molecular weight is 302 g/mol. The topological polar surface area (TPSA) is 55.5 Å². The maximum absolute atomic E-state index is 8.82. The molecule has 0 amide bonds. The molecular weight excluding hydrogens is 262 g/mol. The van der Waals surface area contributed by atoms with Crippen LogP contribution in [-0.2, 0) is 4.74 Å². The van der Waals surface area contributed by atoms with Crippen LogP contribution >= 0.6 is 0 Å². The van der Waals surface area contributed by atoms with E-state index in [1.807, 2.05) is 0 Å². The first-order valence-electron chi connectivity index (χ1n) is 9.28. The molecule has 0 rings (SSSR count). The normalized spacial score (nSPS) is 12.7. The summed E-state index contributed by atoms with van der Waals surface area (Å²) in [6.45, 7) is 3.27. The van der Waals surface area contributed by atoms with Crippen LogP contribution in [0, 0.1) is 0 Å². The third-order valence-corrected chi connectivity index (χ3v) is 3.93. The van der Waals surface area contributed by atoms with E-state index in [1.54, 1.807) is 0 Å². The van der Waals surface area contributed by atoms with E-state index in [9.17, 15) is 0 Å². The third-order valence-electron chi connectivity index (χ3n) is 3.93. The Morgan fingerprint density at radius 3 is 1.48 bits per heavy atom. The van der Waals surface area contributed by atoms with Crippen LogP contribution in [0.2, 0.25) is 0 Å². The highest BCUT2D eigenvalue weighted by Crippen LogP contribution is 2.12. The van der Waals surface area contributed by atoms with E-state index in [4.69, 9.17) is 15.6 Å². The van der Waals surface area contributed by atoms with Gasteiger partial charge in [-0.15, -0.1) is 0 Å². The van der Waals surface area contributed by atoms with Crippen LogP contribution in [0.25, 0.3) is 0 Å². The first kappa shape index (κ1) is 20.9. The summed E-state index contributed by atoms with van der Waals surface area (Å²) in [5.74, 6) is 0. The summed E-state index contributed by atoms with van der Waals surface area (Å²) in [6, 6.07) is 0. The van der Waals surface area contributed by atoms with Crippen molar-refractivity contribution in [2.24, 2.45) is 5.73 Å². The Kier molecular flexibility index (Phi) is 17.8. The number of hydrogen-bond acceptors (Lipinski definition) is 3. The molecule has 0 saturated heterocycles. The lowest BCUT2D eigenvalue weighted by Gasteiger charge is -2.06. The highest BCUT2D eigenvalue weighted by Gasteiger charge is 1.96. The predicted octanol–water partition coefficient (Wildman–Crippen LogP) is 4.76. The van der Waals surface area contributed by atoms with Gasteiger partial charge in [-0.25, -0.2) is 0 Å². The lowest BCUT2D eigenvalue weighted by Crippen LogP contribution is -2.25. The van der Waals surface area contributed by atoms with Crippen molar-refractivity contribution >= 4 is 0 Å². The SMILES string of the molecule is CCCCCCCCCCCCCCCCOCC(N)O. The second-order valence-corrected chi connectivity index (χ2v) is 6.24. The first-order valence-corrected chi connectivity index (χ1v) is 9.28. The lowest BCUT2D eigenvalue weighted by atomic mass is 10.0. The molecule has 0 radical (unpaired) electrons. The van der Waals surface area contributed by atoms with Crippen LogP contribution in [0.3, 0.4) is 0 Å². The summed E-state index contributed by atoms with van der Waals surface area (Å²) in [4.78, 5) is 0. The zero-order chi connectivity index (χ0) is 15.6. The van der Waals surface area contributed by atoms with Crippen molar-refractivity contribution in [2.45, 2.75) is 103 Å². The number of ether oxygens (including phenoxy) is 1. The fourth-order valence-corrected chi connectivity index (χ4v) is 2.60. The highest BCUT2D eigenvalue weighted by molar-refractivity contribution is 4.49. The Labute approximate surface area is 132 Å². The van der Waals surface area contributed by atoms with Gasteiger partial charge in [-0.1, -0.05) is 90.4 Å². The van der Waals surface area contributed by atoms with Gasteiger partial charge in [-0.3, -0.25) is 0 Å². The van der Waals surface area contributed by atoms with E-state index in [0.717, 1.165) is 13.0 Å². The van der Waals surface area contributed by atoms with E-state index in [1.165, 1.54) is 83.5 Å². The Balaban J connectivity index is 2.93. The van der Waals surface area contributed by atoms with E-state index in [2.05, 4.69) is 6.92 Å². The van der Waals surface area contributed by atoms with Gasteiger partial charge in [-0.05, 0) is 6.42 Å². The molecule has 3 heteroatoms. The van der Waals surface area contributed by atoms with E-state index in [0.29, 0.717) is 0 Å². The molecule has 0 saturated carbocycles. The summed E-state index contributed by atoms with van der Waals surface area (Å²) < 4.78 is 5.23. The Bertz CT molecular complexity index is 186. The zero-order valence-electron chi connectivity index (χ0n) is 14.3. The smallest absolute Gasteiger partial charge is 0.126 e. The molecule has 0 aromatic carbocycles. The molecule has 0 aromatic rings. The van der Waals surface area contributed by atoms with Crippen LogP contribution in [0.5, 0.6) is 0 Å². The maximum Gasteiger partial charge on any atom is 0.126 e. The first-order chi connectivity index (χ1) is 10.3. The lowest BCUT2D eigenvalue weighted by molar-refractivity contribution is 0.0385. The maximum atomic E-state index is 8.82. The van der Waals surface area contributed by atoms with Gasteiger partial charge >= 0.3 is 0 Å². The average Bonchev–Trinajstić information content (AvgIpc) is 2.46. The van der Waals surface area contributed by atoms with Crippen LogP contribution < -0.4 is 5.73 Å². The molecule has 128 valence electrons. The van der Waals surface area contributed by atoms with Crippen LogP contribution in [0.4, 0.5) is 0 Å². The zero-order valence-corrected chi connectivity index (χ0v) is 14.3. The van der Waals surface area contributed by atoms with E-state index < -0.39 is 6.23 Å². The molecule has 0 aliphatic rings. The second-order valence-electron chi connectivity index (χ2n) is 6.24. The number of aliphatic hydroxyl groups is 1. The second kappa shape index (κ2) is 17.9. The van der Waals surface area contributed by atoms with Gasteiger partial charge < -0.3 is 15.6 Å². The molecule has 0 aliphatic carbocycles. The number of hydrogen-bond donors (Lipinski definition) is 2. The molecule has 0 spiro atoms. The largest absolute Gasteiger partial charge is 0.377 e. The van der Waals surface area contributed by atoms with Gasteiger partial charge in [0.05, 0.1) is 6.61 Å².